The molecule has 20 heavy (non-hydrogen) atoms. The molecule has 104 valence electrons. The zero-order chi connectivity index (χ0) is 14.5. The molecule has 0 bridgehead atoms. The Bertz CT molecular complexity index is 631. The van der Waals surface area contributed by atoms with Crippen LogP contribution >= 0.6 is 11.6 Å². The van der Waals surface area contributed by atoms with Gasteiger partial charge in [-0.1, -0.05) is 23.7 Å². The van der Waals surface area contributed by atoms with Gasteiger partial charge in [-0.25, -0.2) is 4.39 Å². The standard InChI is InChI=1S/C15H13ClFNO2/c1-20-14-7-6-11(16)8-10(14)9-18-15(19)12-4-2-3-5-13(12)17/h2-8H,9H2,1H3,(H,18,19). The summed E-state index contributed by atoms with van der Waals surface area (Å²) >= 11 is 5.90. The second-order valence-corrected chi connectivity index (χ2v) is 4.56. The highest BCUT2D eigenvalue weighted by molar-refractivity contribution is 6.30. The Balaban J connectivity index is 2.11. The number of rotatable bonds is 4. The minimum absolute atomic E-state index is 0.00787. The summed E-state index contributed by atoms with van der Waals surface area (Å²) in [6, 6.07) is 10.9. The second-order valence-electron chi connectivity index (χ2n) is 4.12. The summed E-state index contributed by atoms with van der Waals surface area (Å²) in [5, 5.41) is 3.18. The van der Waals surface area contributed by atoms with Crippen molar-refractivity contribution in [2.75, 3.05) is 7.11 Å². The molecule has 0 aliphatic heterocycles. The van der Waals surface area contributed by atoms with Gasteiger partial charge in [0.25, 0.3) is 5.91 Å². The van der Waals surface area contributed by atoms with Gasteiger partial charge in [0.05, 0.1) is 12.7 Å². The van der Waals surface area contributed by atoms with Crippen LogP contribution in [-0.4, -0.2) is 13.0 Å². The number of methoxy groups -OCH3 is 1. The van der Waals surface area contributed by atoms with E-state index in [0.29, 0.717) is 10.8 Å². The molecule has 2 aromatic carbocycles. The first-order valence-corrected chi connectivity index (χ1v) is 6.34. The third kappa shape index (κ3) is 3.27. The molecule has 0 aromatic heterocycles. The van der Waals surface area contributed by atoms with Crippen molar-refractivity contribution in [2.24, 2.45) is 0 Å². The summed E-state index contributed by atoms with van der Waals surface area (Å²) in [6.45, 7) is 0.205. The van der Waals surface area contributed by atoms with Gasteiger partial charge in [-0.15, -0.1) is 0 Å². The minimum Gasteiger partial charge on any atom is -0.496 e. The molecule has 0 spiro atoms. The number of benzene rings is 2. The lowest BCUT2D eigenvalue weighted by Crippen LogP contribution is -2.24. The van der Waals surface area contributed by atoms with Crippen LogP contribution in [0.1, 0.15) is 15.9 Å². The largest absolute Gasteiger partial charge is 0.496 e. The first-order chi connectivity index (χ1) is 9.61. The highest BCUT2D eigenvalue weighted by atomic mass is 35.5. The summed E-state index contributed by atoms with van der Waals surface area (Å²) in [5.41, 5.74) is 0.734. The molecule has 2 rings (SSSR count). The molecule has 0 saturated heterocycles. The van der Waals surface area contributed by atoms with Gasteiger partial charge in [0.15, 0.2) is 0 Å². The van der Waals surface area contributed by atoms with Crippen molar-refractivity contribution in [3.63, 3.8) is 0 Å². The maximum absolute atomic E-state index is 13.5. The highest BCUT2D eigenvalue weighted by Crippen LogP contribution is 2.22. The zero-order valence-electron chi connectivity index (χ0n) is 10.8. The van der Waals surface area contributed by atoms with Gasteiger partial charge in [-0.3, -0.25) is 4.79 Å². The lowest BCUT2D eigenvalue weighted by Gasteiger charge is -2.10. The monoisotopic (exact) mass is 293 g/mol. The second kappa shape index (κ2) is 6.39. The van der Waals surface area contributed by atoms with E-state index in [2.05, 4.69) is 5.32 Å². The molecule has 0 atom stereocenters. The Labute approximate surface area is 121 Å². The molecular formula is C15H13ClFNO2. The summed E-state index contributed by atoms with van der Waals surface area (Å²) in [5.74, 6) is -0.420. The van der Waals surface area contributed by atoms with Crippen LogP contribution in [0.3, 0.4) is 0 Å². The van der Waals surface area contributed by atoms with Crippen LogP contribution in [0.4, 0.5) is 4.39 Å². The third-order valence-corrected chi connectivity index (χ3v) is 3.04. The van der Waals surface area contributed by atoms with Gasteiger partial charge in [0.1, 0.15) is 11.6 Å². The molecule has 0 radical (unpaired) electrons. The molecule has 1 amide bonds. The van der Waals surface area contributed by atoms with E-state index in [-0.39, 0.29) is 12.1 Å². The van der Waals surface area contributed by atoms with Crippen LogP contribution in [0, 0.1) is 5.82 Å². The van der Waals surface area contributed by atoms with Crippen LogP contribution in [-0.2, 0) is 6.54 Å². The molecule has 0 fully saturated rings. The van der Waals surface area contributed by atoms with Crippen molar-refractivity contribution >= 4 is 17.5 Å². The fourth-order valence-electron chi connectivity index (χ4n) is 1.80. The summed E-state index contributed by atoms with van der Waals surface area (Å²) in [6.07, 6.45) is 0. The van der Waals surface area contributed by atoms with Crippen molar-refractivity contribution < 1.29 is 13.9 Å². The minimum atomic E-state index is -0.553. The molecule has 0 aliphatic rings. The lowest BCUT2D eigenvalue weighted by molar-refractivity contribution is 0.0946. The lowest BCUT2D eigenvalue weighted by atomic mass is 10.1. The van der Waals surface area contributed by atoms with Crippen LogP contribution in [0.25, 0.3) is 0 Å². The number of ether oxygens (including phenoxy) is 1. The van der Waals surface area contributed by atoms with Gasteiger partial charge < -0.3 is 10.1 Å². The predicted octanol–water partition coefficient (Wildman–Crippen LogP) is 3.42. The quantitative estimate of drug-likeness (QED) is 0.938. The first-order valence-electron chi connectivity index (χ1n) is 5.97. The van der Waals surface area contributed by atoms with E-state index in [1.807, 2.05) is 0 Å². The summed E-state index contributed by atoms with van der Waals surface area (Å²) in [7, 11) is 1.53. The van der Waals surface area contributed by atoms with Crippen molar-refractivity contribution in [1.82, 2.24) is 5.32 Å². The van der Waals surface area contributed by atoms with Crippen LogP contribution < -0.4 is 10.1 Å². The van der Waals surface area contributed by atoms with E-state index in [1.165, 1.54) is 25.3 Å². The maximum atomic E-state index is 13.5. The SMILES string of the molecule is COc1ccc(Cl)cc1CNC(=O)c1ccccc1F. The van der Waals surface area contributed by atoms with Crippen molar-refractivity contribution in [1.29, 1.82) is 0 Å². The number of amides is 1. The van der Waals surface area contributed by atoms with Crippen molar-refractivity contribution in [2.45, 2.75) is 6.54 Å². The van der Waals surface area contributed by atoms with E-state index in [0.717, 1.165) is 5.56 Å². The Morgan fingerprint density at radius 3 is 2.75 bits per heavy atom. The number of hydrogen-bond acceptors (Lipinski definition) is 2. The average molecular weight is 294 g/mol. The van der Waals surface area contributed by atoms with Crippen molar-refractivity contribution in [3.8, 4) is 5.75 Å². The average Bonchev–Trinajstić information content (AvgIpc) is 2.45. The topological polar surface area (TPSA) is 38.3 Å². The maximum Gasteiger partial charge on any atom is 0.254 e. The number of carbonyl (C=O) groups excluding carboxylic acids is 1. The number of halogens is 2. The zero-order valence-corrected chi connectivity index (χ0v) is 11.6. The smallest absolute Gasteiger partial charge is 0.254 e. The van der Waals surface area contributed by atoms with E-state index in [9.17, 15) is 9.18 Å². The van der Waals surface area contributed by atoms with Gasteiger partial charge in [0.2, 0.25) is 0 Å². The molecule has 0 aliphatic carbocycles. The van der Waals surface area contributed by atoms with E-state index in [4.69, 9.17) is 16.3 Å². The van der Waals surface area contributed by atoms with Gasteiger partial charge in [0, 0.05) is 17.1 Å². The Morgan fingerprint density at radius 1 is 1.30 bits per heavy atom. The fourth-order valence-corrected chi connectivity index (χ4v) is 2.00. The highest BCUT2D eigenvalue weighted by Gasteiger charge is 2.11. The molecular weight excluding hydrogens is 281 g/mol. The van der Waals surface area contributed by atoms with Gasteiger partial charge in [-0.2, -0.15) is 0 Å². The molecule has 0 unspecified atom stereocenters. The summed E-state index contributed by atoms with van der Waals surface area (Å²) in [4.78, 5) is 11.9. The Morgan fingerprint density at radius 2 is 2.05 bits per heavy atom. The van der Waals surface area contributed by atoms with Gasteiger partial charge in [-0.05, 0) is 30.3 Å². The van der Waals surface area contributed by atoms with Crippen LogP contribution in [0.15, 0.2) is 42.5 Å². The van der Waals surface area contributed by atoms with E-state index in [1.54, 1.807) is 24.3 Å². The molecule has 2 aromatic rings. The van der Waals surface area contributed by atoms with Gasteiger partial charge >= 0.3 is 0 Å². The Kier molecular flexibility index (Phi) is 4.58. The van der Waals surface area contributed by atoms with E-state index < -0.39 is 11.7 Å². The van der Waals surface area contributed by atoms with Crippen LogP contribution in [0.5, 0.6) is 5.75 Å². The molecule has 1 N–H and O–H groups in total. The normalized spacial score (nSPS) is 10.2. The molecule has 5 heteroatoms. The summed E-state index contributed by atoms with van der Waals surface area (Å²) < 4.78 is 18.6. The predicted molar refractivity (Wildman–Crippen MR) is 75.6 cm³/mol. The molecule has 0 saturated carbocycles. The first kappa shape index (κ1) is 14.3. The van der Waals surface area contributed by atoms with Crippen LogP contribution in [0.2, 0.25) is 5.02 Å². The fraction of sp³-hybridized carbons (Fsp3) is 0.133. The molecule has 3 nitrogen and oxygen atoms in total. The molecule has 0 heterocycles. The number of nitrogens with one attached hydrogen (secondary N) is 1. The van der Waals surface area contributed by atoms with E-state index >= 15 is 0 Å². The third-order valence-electron chi connectivity index (χ3n) is 2.80. The number of hydrogen-bond donors (Lipinski definition) is 1. The van der Waals surface area contributed by atoms with Crippen molar-refractivity contribution in [3.05, 3.63) is 64.4 Å². The Hall–Kier alpha value is -2.07. The number of carbonyl (C=O) groups is 1.